The number of alkyl carbamates (subject to hydrolysis) is 1. The Labute approximate surface area is 162 Å². The number of anilines is 1. The molecule has 0 bridgehead atoms. The van der Waals surface area contributed by atoms with E-state index in [9.17, 15) is 9.59 Å². The van der Waals surface area contributed by atoms with E-state index in [2.05, 4.69) is 34.7 Å². The quantitative estimate of drug-likeness (QED) is 0.797. The molecule has 0 aliphatic heterocycles. The van der Waals surface area contributed by atoms with Crippen LogP contribution in [0.25, 0.3) is 0 Å². The fraction of sp³-hybridized carbons (Fsp3) is 0.619. The van der Waals surface area contributed by atoms with Crippen LogP contribution in [0.3, 0.4) is 0 Å². The molecule has 0 saturated heterocycles. The Morgan fingerprint density at radius 1 is 1.07 bits per heavy atom. The summed E-state index contributed by atoms with van der Waals surface area (Å²) in [5.41, 5.74) is 1.66. The number of hydrogen-bond donors (Lipinski definition) is 2. The van der Waals surface area contributed by atoms with Crippen LogP contribution in [0.15, 0.2) is 24.3 Å². The second kappa shape index (κ2) is 9.62. The van der Waals surface area contributed by atoms with E-state index in [4.69, 9.17) is 4.74 Å². The van der Waals surface area contributed by atoms with Crippen molar-refractivity contribution in [2.45, 2.75) is 71.1 Å². The van der Waals surface area contributed by atoms with Crippen molar-refractivity contribution in [2.24, 2.45) is 0 Å². The Balaban J connectivity index is 1.74. The molecular weight excluding hydrogens is 342 g/mol. The number of carbonyl (C=O) groups excluding carboxylic acids is 2. The zero-order valence-corrected chi connectivity index (χ0v) is 17.0. The number of nitrogens with zero attached hydrogens (tertiary/aromatic N) is 1. The first kappa shape index (κ1) is 21.1. The molecule has 1 fully saturated rings. The lowest BCUT2D eigenvalue weighted by atomic mass is 9.94. The average Bonchev–Trinajstić information content (AvgIpc) is 2.64. The van der Waals surface area contributed by atoms with Gasteiger partial charge in [0, 0.05) is 25.3 Å². The van der Waals surface area contributed by atoms with Crippen LogP contribution >= 0.6 is 0 Å². The van der Waals surface area contributed by atoms with E-state index in [1.165, 1.54) is 37.8 Å². The van der Waals surface area contributed by atoms with Crippen LogP contribution in [0.2, 0.25) is 0 Å². The molecule has 2 N–H and O–H groups in total. The van der Waals surface area contributed by atoms with Gasteiger partial charge in [-0.05, 0) is 51.3 Å². The summed E-state index contributed by atoms with van der Waals surface area (Å²) in [5.74, 6) is -0.246. The van der Waals surface area contributed by atoms with E-state index in [1.807, 2.05) is 12.1 Å². The summed E-state index contributed by atoms with van der Waals surface area (Å²) in [6.45, 7) is 5.67. The van der Waals surface area contributed by atoms with Gasteiger partial charge in [0.15, 0.2) is 0 Å². The van der Waals surface area contributed by atoms with Gasteiger partial charge in [-0.2, -0.15) is 0 Å². The van der Waals surface area contributed by atoms with Crippen LogP contribution in [-0.2, 0) is 16.1 Å². The standard InChI is InChI=1S/C21H33N3O3/c1-21(2,3)27-20(26)23-15-19(25)22-14-16-10-12-18(13-11-16)24(4)17-8-6-5-7-9-17/h10-13,17H,5-9,14-15H2,1-4H3,(H,22,25)(H,23,26). The molecule has 27 heavy (non-hydrogen) atoms. The van der Waals surface area contributed by atoms with E-state index in [1.54, 1.807) is 20.8 Å². The van der Waals surface area contributed by atoms with Gasteiger partial charge >= 0.3 is 6.09 Å². The number of hydrogen-bond acceptors (Lipinski definition) is 4. The van der Waals surface area contributed by atoms with E-state index in [0.717, 1.165) is 5.56 Å². The van der Waals surface area contributed by atoms with Crippen LogP contribution in [0.5, 0.6) is 0 Å². The third-order valence-corrected chi connectivity index (χ3v) is 4.75. The van der Waals surface area contributed by atoms with Crippen LogP contribution < -0.4 is 15.5 Å². The van der Waals surface area contributed by atoms with E-state index in [0.29, 0.717) is 12.6 Å². The molecule has 6 heteroatoms. The zero-order valence-electron chi connectivity index (χ0n) is 17.0. The molecule has 1 aliphatic carbocycles. The molecule has 0 heterocycles. The highest BCUT2D eigenvalue weighted by molar-refractivity contribution is 5.82. The largest absolute Gasteiger partial charge is 0.444 e. The number of rotatable bonds is 6. The second-order valence-corrected chi connectivity index (χ2v) is 8.20. The summed E-state index contributed by atoms with van der Waals surface area (Å²) >= 11 is 0. The maximum Gasteiger partial charge on any atom is 0.408 e. The van der Waals surface area contributed by atoms with Crippen LogP contribution in [0.4, 0.5) is 10.5 Å². The minimum atomic E-state index is -0.590. The van der Waals surface area contributed by atoms with Crippen molar-refractivity contribution < 1.29 is 14.3 Å². The molecule has 2 amide bonds. The van der Waals surface area contributed by atoms with Gasteiger partial charge in [0.1, 0.15) is 12.1 Å². The lowest BCUT2D eigenvalue weighted by Crippen LogP contribution is -2.39. The maximum absolute atomic E-state index is 11.9. The second-order valence-electron chi connectivity index (χ2n) is 8.20. The van der Waals surface area contributed by atoms with Gasteiger partial charge in [-0.15, -0.1) is 0 Å². The molecule has 0 atom stereocenters. The van der Waals surface area contributed by atoms with E-state index >= 15 is 0 Å². The van der Waals surface area contributed by atoms with Gasteiger partial charge in [-0.25, -0.2) is 4.79 Å². The summed E-state index contributed by atoms with van der Waals surface area (Å²) < 4.78 is 5.10. The number of nitrogens with one attached hydrogen (secondary N) is 2. The molecule has 1 aromatic rings. The number of ether oxygens (including phenoxy) is 1. The van der Waals surface area contributed by atoms with Crippen molar-refractivity contribution in [3.8, 4) is 0 Å². The SMILES string of the molecule is CN(c1ccc(CNC(=O)CNC(=O)OC(C)(C)C)cc1)C1CCCCC1. The van der Waals surface area contributed by atoms with E-state index in [-0.39, 0.29) is 12.5 Å². The highest BCUT2D eigenvalue weighted by Crippen LogP contribution is 2.26. The van der Waals surface area contributed by atoms with Crippen molar-refractivity contribution in [3.63, 3.8) is 0 Å². The smallest absolute Gasteiger partial charge is 0.408 e. The molecule has 0 spiro atoms. The third kappa shape index (κ3) is 7.49. The summed E-state index contributed by atoms with van der Waals surface area (Å²) in [7, 11) is 2.16. The summed E-state index contributed by atoms with van der Waals surface area (Å²) in [6, 6.07) is 8.92. The molecule has 1 saturated carbocycles. The van der Waals surface area contributed by atoms with E-state index < -0.39 is 11.7 Å². The van der Waals surface area contributed by atoms with Gasteiger partial charge in [0.2, 0.25) is 5.91 Å². The molecule has 0 radical (unpaired) electrons. The van der Waals surface area contributed by atoms with Gasteiger partial charge in [-0.1, -0.05) is 31.4 Å². The Morgan fingerprint density at radius 3 is 2.30 bits per heavy atom. The normalized spacial score (nSPS) is 15.1. The summed E-state index contributed by atoms with van der Waals surface area (Å²) in [6.07, 6.45) is 5.92. The topological polar surface area (TPSA) is 70.7 Å². The van der Waals surface area contributed by atoms with Gasteiger partial charge in [0.25, 0.3) is 0 Å². The van der Waals surface area contributed by atoms with Crippen molar-refractivity contribution in [1.29, 1.82) is 0 Å². The molecule has 1 aliphatic rings. The fourth-order valence-electron chi connectivity index (χ4n) is 3.26. The molecular formula is C21H33N3O3. The molecule has 2 rings (SSSR count). The highest BCUT2D eigenvalue weighted by atomic mass is 16.6. The lowest BCUT2D eigenvalue weighted by molar-refractivity contribution is -0.120. The lowest BCUT2D eigenvalue weighted by Gasteiger charge is -2.33. The van der Waals surface area contributed by atoms with Crippen molar-refractivity contribution in [1.82, 2.24) is 10.6 Å². The summed E-state index contributed by atoms with van der Waals surface area (Å²) in [4.78, 5) is 25.8. The Morgan fingerprint density at radius 2 is 1.70 bits per heavy atom. The molecule has 0 aromatic heterocycles. The minimum Gasteiger partial charge on any atom is -0.444 e. The number of benzene rings is 1. The Kier molecular flexibility index (Phi) is 7.51. The van der Waals surface area contributed by atoms with Crippen molar-refractivity contribution in [2.75, 3.05) is 18.5 Å². The Hall–Kier alpha value is -2.24. The highest BCUT2D eigenvalue weighted by Gasteiger charge is 2.18. The van der Waals surface area contributed by atoms with Gasteiger partial charge < -0.3 is 20.3 Å². The van der Waals surface area contributed by atoms with Crippen LogP contribution in [0.1, 0.15) is 58.4 Å². The molecule has 6 nitrogen and oxygen atoms in total. The summed E-state index contributed by atoms with van der Waals surface area (Å²) in [5, 5.41) is 5.26. The first-order valence-corrected chi connectivity index (χ1v) is 9.80. The Bertz CT molecular complexity index is 617. The first-order valence-electron chi connectivity index (χ1n) is 9.80. The molecule has 150 valence electrons. The average molecular weight is 376 g/mol. The zero-order chi connectivity index (χ0) is 19.9. The minimum absolute atomic E-state index is 0.0998. The molecule has 0 unspecified atom stereocenters. The van der Waals surface area contributed by atoms with Crippen molar-refractivity contribution in [3.05, 3.63) is 29.8 Å². The fourth-order valence-corrected chi connectivity index (χ4v) is 3.26. The number of amides is 2. The molecule has 1 aromatic carbocycles. The number of carbonyl (C=O) groups is 2. The first-order chi connectivity index (χ1) is 12.7. The van der Waals surface area contributed by atoms with Crippen LogP contribution in [0, 0.1) is 0 Å². The predicted octanol–water partition coefficient (Wildman–Crippen LogP) is 3.60. The van der Waals surface area contributed by atoms with Gasteiger partial charge in [0.05, 0.1) is 0 Å². The third-order valence-electron chi connectivity index (χ3n) is 4.75. The maximum atomic E-state index is 11.9. The van der Waals surface area contributed by atoms with Crippen molar-refractivity contribution >= 4 is 17.7 Å². The van der Waals surface area contributed by atoms with Gasteiger partial charge in [-0.3, -0.25) is 4.79 Å². The predicted molar refractivity (Wildman–Crippen MR) is 108 cm³/mol. The monoisotopic (exact) mass is 375 g/mol. The van der Waals surface area contributed by atoms with Crippen LogP contribution in [-0.4, -0.2) is 37.2 Å².